The van der Waals surface area contributed by atoms with E-state index in [0.717, 1.165) is 11.8 Å². The predicted octanol–water partition coefficient (Wildman–Crippen LogP) is 5.68. The minimum Gasteiger partial charge on any atom is -0.183 e. The summed E-state index contributed by atoms with van der Waals surface area (Å²) in [5, 5.41) is 0. The zero-order valence-electron chi connectivity index (χ0n) is 13.4. The summed E-state index contributed by atoms with van der Waals surface area (Å²) >= 11 is 3.53. The normalized spacial score (nSPS) is 30.9. The Labute approximate surface area is 125 Å². The van der Waals surface area contributed by atoms with Gasteiger partial charge in [-0.3, -0.25) is 0 Å². The van der Waals surface area contributed by atoms with Crippen molar-refractivity contribution in [1.82, 2.24) is 0 Å². The van der Waals surface area contributed by atoms with E-state index >= 15 is 0 Å². The van der Waals surface area contributed by atoms with Crippen LogP contribution in [-0.2, 0) is 5.41 Å². The monoisotopic (exact) mass is 278 g/mol. The van der Waals surface area contributed by atoms with E-state index in [1.807, 2.05) is 0 Å². The van der Waals surface area contributed by atoms with Gasteiger partial charge in [0.15, 0.2) is 0 Å². The van der Waals surface area contributed by atoms with Crippen molar-refractivity contribution in [3.05, 3.63) is 35.4 Å². The van der Waals surface area contributed by atoms with Crippen LogP contribution < -0.4 is 0 Å². The van der Waals surface area contributed by atoms with Crippen LogP contribution in [0.15, 0.2) is 24.3 Å². The van der Waals surface area contributed by atoms with Crippen molar-refractivity contribution in [3.63, 3.8) is 0 Å². The van der Waals surface area contributed by atoms with Gasteiger partial charge in [0.1, 0.15) is 0 Å². The zero-order chi connectivity index (χ0) is 14.6. The Hall–Kier alpha value is -0.430. The minimum absolute atomic E-state index is 0.372. The van der Waals surface area contributed by atoms with Crippen molar-refractivity contribution in [1.29, 1.82) is 0 Å². The first-order chi connectivity index (χ1) is 9.00. The molecule has 1 heteroatoms. The molecule has 1 aromatic carbocycles. The summed E-state index contributed by atoms with van der Waals surface area (Å²) in [6.45, 7) is 12.0. The molecule has 0 spiro atoms. The first kappa shape index (κ1) is 16.6. The van der Waals surface area contributed by atoms with Crippen LogP contribution in [0.2, 0.25) is 0 Å². The molecule has 19 heavy (non-hydrogen) atoms. The number of rotatable bonds is 2. The molecule has 0 bridgehead atoms. The van der Waals surface area contributed by atoms with E-state index < -0.39 is 0 Å². The second-order valence-corrected chi connectivity index (χ2v) is 6.28. The maximum atomic E-state index is 3.53. The largest absolute Gasteiger partial charge is 0.183 e. The smallest absolute Gasteiger partial charge is 0.00442 e. The molecule has 0 aromatic heterocycles. The van der Waals surface area contributed by atoms with E-state index in [9.17, 15) is 0 Å². The van der Waals surface area contributed by atoms with Gasteiger partial charge in [0.05, 0.1) is 0 Å². The third kappa shape index (κ3) is 3.02. The molecule has 0 fully saturated rings. The molecule has 0 radical (unpaired) electrons. The number of benzene rings is 1. The maximum absolute atomic E-state index is 3.53. The highest BCUT2D eigenvalue weighted by molar-refractivity contribution is 7.79. The first-order valence-corrected chi connectivity index (χ1v) is 8.44. The number of hydrogen-bond acceptors (Lipinski definition) is 1. The molecule has 0 saturated carbocycles. The first-order valence-electron chi connectivity index (χ1n) is 7.54. The highest BCUT2D eigenvalue weighted by atomic mass is 32.1. The second kappa shape index (κ2) is 6.83. The molecule has 4 unspecified atom stereocenters. The van der Waals surface area contributed by atoms with Crippen LogP contribution in [0.25, 0.3) is 0 Å². The van der Waals surface area contributed by atoms with Crippen molar-refractivity contribution < 1.29 is 0 Å². The van der Waals surface area contributed by atoms with Crippen LogP contribution in [0.4, 0.5) is 0 Å². The van der Waals surface area contributed by atoms with Crippen LogP contribution in [0.3, 0.4) is 0 Å². The third-order valence-electron chi connectivity index (χ3n) is 5.37. The molecule has 1 aliphatic carbocycles. The van der Waals surface area contributed by atoms with Crippen molar-refractivity contribution >= 4 is 12.6 Å². The van der Waals surface area contributed by atoms with Gasteiger partial charge in [0.25, 0.3) is 0 Å². The summed E-state index contributed by atoms with van der Waals surface area (Å²) in [7, 11) is 0. The molecular weight excluding hydrogens is 248 g/mol. The van der Waals surface area contributed by atoms with Gasteiger partial charge in [-0.2, -0.15) is 12.6 Å². The molecule has 108 valence electrons. The summed E-state index contributed by atoms with van der Waals surface area (Å²) in [5.74, 6) is 2.27. The van der Waals surface area contributed by atoms with Gasteiger partial charge in [-0.1, -0.05) is 65.3 Å². The Morgan fingerprint density at radius 1 is 1.26 bits per heavy atom. The van der Waals surface area contributed by atoms with E-state index in [-0.39, 0.29) is 0 Å². The number of thiol groups is 1. The van der Waals surface area contributed by atoms with E-state index in [4.69, 9.17) is 0 Å². The summed E-state index contributed by atoms with van der Waals surface area (Å²) < 4.78 is 0. The second-order valence-electron chi connectivity index (χ2n) is 6.28. The lowest BCUT2D eigenvalue weighted by Gasteiger charge is -2.46. The van der Waals surface area contributed by atoms with Crippen LogP contribution in [0, 0.1) is 11.8 Å². The third-order valence-corrected chi connectivity index (χ3v) is 5.37. The standard InChI is InChI=1S/C17H26.CH4S/c1-6-13(3)17(5)11-12(2)14(4)15-9-7-8-10-16(15)17;1-2/h7-10,12-14H,6,11H2,1-5H3;2H,1H3. The Morgan fingerprint density at radius 3 is 2.42 bits per heavy atom. The highest BCUT2D eigenvalue weighted by Gasteiger charge is 2.40. The molecule has 1 aromatic rings. The lowest BCUT2D eigenvalue weighted by atomic mass is 9.59. The van der Waals surface area contributed by atoms with E-state index in [1.165, 1.54) is 12.8 Å². The van der Waals surface area contributed by atoms with E-state index in [1.54, 1.807) is 17.4 Å². The topological polar surface area (TPSA) is 0 Å². The molecule has 0 heterocycles. The Kier molecular flexibility index (Phi) is 5.98. The van der Waals surface area contributed by atoms with Crippen LogP contribution in [0.1, 0.15) is 64.5 Å². The molecule has 0 aliphatic heterocycles. The molecule has 0 nitrogen and oxygen atoms in total. The van der Waals surface area contributed by atoms with E-state index in [0.29, 0.717) is 11.3 Å². The van der Waals surface area contributed by atoms with Crippen molar-refractivity contribution in [2.24, 2.45) is 11.8 Å². The van der Waals surface area contributed by atoms with Gasteiger partial charge in [0.2, 0.25) is 0 Å². The Bertz CT molecular complexity index is 398. The summed E-state index contributed by atoms with van der Waals surface area (Å²) in [6.07, 6.45) is 4.30. The predicted molar refractivity (Wildman–Crippen MR) is 90.4 cm³/mol. The molecule has 0 N–H and O–H groups in total. The van der Waals surface area contributed by atoms with Gasteiger partial charge >= 0.3 is 0 Å². The summed E-state index contributed by atoms with van der Waals surface area (Å²) in [4.78, 5) is 0. The van der Waals surface area contributed by atoms with Crippen LogP contribution in [-0.4, -0.2) is 6.26 Å². The molecular formula is C18H30S. The SMILES string of the molecule is CCC(C)C1(C)CC(C)C(C)c2ccccc21.CS. The Balaban J connectivity index is 0.000000861. The highest BCUT2D eigenvalue weighted by Crippen LogP contribution is 2.49. The van der Waals surface area contributed by atoms with Crippen molar-refractivity contribution in [3.8, 4) is 0 Å². The Morgan fingerprint density at radius 2 is 1.84 bits per heavy atom. The molecule has 0 saturated heterocycles. The maximum Gasteiger partial charge on any atom is -0.00442 e. The average Bonchev–Trinajstić information content (AvgIpc) is 2.46. The number of fused-ring (bicyclic) bond motifs is 1. The zero-order valence-corrected chi connectivity index (χ0v) is 14.3. The number of hydrogen-bond donors (Lipinski definition) is 1. The van der Waals surface area contributed by atoms with Crippen LogP contribution >= 0.6 is 12.6 Å². The molecule has 0 amide bonds. The summed E-state index contributed by atoms with van der Waals surface area (Å²) in [6, 6.07) is 9.12. The summed E-state index contributed by atoms with van der Waals surface area (Å²) in [5.41, 5.74) is 3.58. The van der Waals surface area contributed by atoms with Crippen molar-refractivity contribution in [2.45, 2.75) is 58.8 Å². The fourth-order valence-corrected chi connectivity index (χ4v) is 3.59. The molecule has 2 rings (SSSR count). The molecule has 4 atom stereocenters. The minimum atomic E-state index is 0.372. The quantitative estimate of drug-likeness (QED) is 0.661. The van der Waals surface area contributed by atoms with Crippen molar-refractivity contribution in [2.75, 3.05) is 6.26 Å². The van der Waals surface area contributed by atoms with Gasteiger partial charge in [-0.15, -0.1) is 0 Å². The van der Waals surface area contributed by atoms with Gasteiger partial charge in [-0.05, 0) is 47.0 Å². The lowest BCUT2D eigenvalue weighted by Crippen LogP contribution is -2.38. The van der Waals surface area contributed by atoms with Gasteiger partial charge in [-0.25, -0.2) is 0 Å². The average molecular weight is 279 g/mol. The fourth-order valence-electron chi connectivity index (χ4n) is 3.59. The fraction of sp³-hybridized carbons (Fsp3) is 0.667. The van der Waals surface area contributed by atoms with Gasteiger partial charge in [0, 0.05) is 0 Å². The van der Waals surface area contributed by atoms with E-state index in [2.05, 4.69) is 71.5 Å². The van der Waals surface area contributed by atoms with Crippen LogP contribution in [0.5, 0.6) is 0 Å². The molecule has 1 aliphatic rings. The van der Waals surface area contributed by atoms with Gasteiger partial charge < -0.3 is 0 Å². The lowest BCUT2D eigenvalue weighted by molar-refractivity contribution is 0.210.